The molecule has 0 aromatic carbocycles. The molecule has 14 heavy (non-hydrogen) atoms. The maximum Gasteiger partial charge on any atom is 0.411 e. The van der Waals surface area contributed by atoms with Crippen LogP contribution in [0.15, 0.2) is 0 Å². The second-order valence-electron chi connectivity index (χ2n) is 2.58. The maximum atomic E-state index is 11.7. The molecule has 3 nitrogen and oxygen atoms in total. The van der Waals surface area contributed by atoms with Gasteiger partial charge in [0.1, 0.15) is 6.61 Å². The zero-order chi connectivity index (χ0) is 11.2. The molecular weight excluding hydrogens is 201 g/mol. The molecule has 1 atom stereocenters. The Hall–Kier alpha value is -0.780. The van der Waals surface area contributed by atoms with Crippen LogP contribution in [0.1, 0.15) is 20.3 Å². The van der Waals surface area contributed by atoms with E-state index in [1.165, 1.54) is 0 Å². The SMILES string of the molecule is CCOC(=O)C(CC)OCC(F)(F)F. The van der Waals surface area contributed by atoms with Gasteiger partial charge in [-0.15, -0.1) is 0 Å². The zero-order valence-electron chi connectivity index (χ0n) is 8.06. The Morgan fingerprint density at radius 1 is 1.36 bits per heavy atom. The number of esters is 1. The van der Waals surface area contributed by atoms with Gasteiger partial charge >= 0.3 is 12.1 Å². The maximum absolute atomic E-state index is 11.7. The molecule has 0 radical (unpaired) electrons. The van der Waals surface area contributed by atoms with E-state index in [2.05, 4.69) is 9.47 Å². The van der Waals surface area contributed by atoms with Crippen LogP contribution in [0.3, 0.4) is 0 Å². The van der Waals surface area contributed by atoms with E-state index in [1.807, 2.05) is 0 Å². The van der Waals surface area contributed by atoms with E-state index >= 15 is 0 Å². The molecule has 0 aromatic rings. The van der Waals surface area contributed by atoms with Gasteiger partial charge in [-0.3, -0.25) is 0 Å². The summed E-state index contributed by atoms with van der Waals surface area (Å²) in [6.45, 7) is 1.83. The summed E-state index contributed by atoms with van der Waals surface area (Å²) in [5.74, 6) is -0.751. The first-order chi connectivity index (χ1) is 6.40. The fourth-order valence-corrected chi connectivity index (χ4v) is 0.783. The standard InChI is InChI=1S/C8H13F3O3/c1-3-6(7(12)13-4-2)14-5-8(9,10)11/h6H,3-5H2,1-2H3. The summed E-state index contributed by atoms with van der Waals surface area (Å²) in [7, 11) is 0. The highest BCUT2D eigenvalue weighted by Crippen LogP contribution is 2.16. The summed E-state index contributed by atoms with van der Waals surface area (Å²) in [6, 6.07) is 0. The topological polar surface area (TPSA) is 35.5 Å². The van der Waals surface area contributed by atoms with Crippen LogP contribution in [-0.4, -0.2) is 31.5 Å². The number of carbonyl (C=O) groups excluding carboxylic acids is 1. The highest BCUT2D eigenvalue weighted by atomic mass is 19.4. The van der Waals surface area contributed by atoms with E-state index in [-0.39, 0.29) is 13.0 Å². The lowest BCUT2D eigenvalue weighted by Gasteiger charge is -2.15. The summed E-state index contributed by atoms with van der Waals surface area (Å²) in [5, 5.41) is 0. The van der Waals surface area contributed by atoms with E-state index in [4.69, 9.17) is 0 Å². The monoisotopic (exact) mass is 214 g/mol. The minimum absolute atomic E-state index is 0.130. The third-order valence-corrected chi connectivity index (χ3v) is 1.37. The summed E-state index contributed by atoms with van der Waals surface area (Å²) in [4.78, 5) is 11.0. The molecule has 0 spiro atoms. The first kappa shape index (κ1) is 13.2. The quantitative estimate of drug-likeness (QED) is 0.656. The van der Waals surface area contributed by atoms with Crippen LogP contribution in [0.5, 0.6) is 0 Å². The average molecular weight is 214 g/mol. The Labute approximate surface area is 80.2 Å². The second-order valence-corrected chi connectivity index (χ2v) is 2.58. The molecule has 0 aromatic heterocycles. The molecule has 0 aliphatic rings. The minimum Gasteiger partial charge on any atom is -0.464 e. The van der Waals surface area contributed by atoms with Gasteiger partial charge < -0.3 is 9.47 Å². The van der Waals surface area contributed by atoms with Crippen molar-refractivity contribution in [3.05, 3.63) is 0 Å². The molecule has 84 valence electrons. The van der Waals surface area contributed by atoms with Crippen molar-refractivity contribution in [1.29, 1.82) is 0 Å². The Morgan fingerprint density at radius 3 is 2.29 bits per heavy atom. The Balaban J connectivity index is 3.97. The first-order valence-corrected chi connectivity index (χ1v) is 4.25. The normalized spacial score (nSPS) is 13.8. The summed E-state index contributed by atoms with van der Waals surface area (Å²) < 4.78 is 44.1. The van der Waals surface area contributed by atoms with Gasteiger partial charge in [0.05, 0.1) is 6.61 Å². The van der Waals surface area contributed by atoms with Crippen LogP contribution < -0.4 is 0 Å². The molecule has 0 heterocycles. The summed E-state index contributed by atoms with van der Waals surface area (Å²) >= 11 is 0. The number of hydrogen-bond acceptors (Lipinski definition) is 3. The van der Waals surface area contributed by atoms with Crippen molar-refractivity contribution in [2.75, 3.05) is 13.2 Å². The lowest BCUT2D eigenvalue weighted by atomic mass is 10.3. The molecule has 0 aliphatic heterocycles. The molecule has 0 saturated carbocycles. The fourth-order valence-electron chi connectivity index (χ4n) is 0.783. The zero-order valence-corrected chi connectivity index (χ0v) is 8.06. The Kier molecular flexibility index (Phi) is 5.52. The van der Waals surface area contributed by atoms with Gasteiger partial charge in [0.15, 0.2) is 6.10 Å². The molecule has 0 amide bonds. The van der Waals surface area contributed by atoms with Gasteiger partial charge in [-0.25, -0.2) is 4.79 Å². The van der Waals surface area contributed by atoms with Gasteiger partial charge in [0.25, 0.3) is 0 Å². The van der Waals surface area contributed by atoms with Crippen molar-refractivity contribution in [2.45, 2.75) is 32.5 Å². The van der Waals surface area contributed by atoms with Gasteiger partial charge in [0, 0.05) is 0 Å². The molecule has 0 fully saturated rings. The van der Waals surface area contributed by atoms with Crippen molar-refractivity contribution in [1.82, 2.24) is 0 Å². The third kappa shape index (κ3) is 5.80. The van der Waals surface area contributed by atoms with Crippen LogP contribution in [0, 0.1) is 0 Å². The smallest absolute Gasteiger partial charge is 0.411 e. The van der Waals surface area contributed by atoms with Gasteiger partial charge in [-0.1, -0.05) is 6.92 Å². The predicted molar refractivity (Wildman–Crippen MR) is 42.7 cm³/mol. The van der Waals surface area contributed by atoms with Crippen molar-refractivity contribution < 1.29 is 27.4 Å². The number of halogens is 3. The number of carbonyl (C=O) groups is 1. The summed E-state index contributed by atoms with van der Waals surface area (Å²) in [5.41, 5.74) is 0. The first-order valence-electron chi connectivity index (χ1n) is 4.25. The Morgan fingerprint density at radius 2 is 1.93 bits per heavy atom. The number of hydrogen-bond donors (Lipinski definition) is 0. The highest BCUT2D eigenvalue weighted by molar-refractivity contribution is 5.74. The molecular formula is C8H13F3O3. The number of rotatable bonds is 5. The molecule has 0 saturated heterocycles. The van der Waals surface area contributed by atoms with Crippen molar-refractivity contribution in [2.24, 2.45) is 0 Å². The van der Waals surface area contributed by atoms with E-state index in [9.17, 15) is 18.0 Å². The van der Waals surface area contributed by atoms with Crippen LogP contribution in [-0.2, 0) is 14.3 Å². The highest BCUT2D eigenvalue weighted by Gasteiger charge is 2.31. The molecule has 0 aliphatic carbocycles. The third-order valence-electron chi connectivity index (χ3n) is 1.37. The van der Waals surface area contributed by atoms with E-state index in [1.54, 1.807) is 13.8 Å². The second kappa shape index (κ2) is 5.85. The molecule has 0 N–H and O–H groups in total. The predicted octanol–water partition coefficient (Wildman–Crippen LogP) is 1.91. The number of alkyl halides is 3. The van der Waals surface area contributed by atoms with Crippen LogP contribution in [0.2, 0.25) is 0 Å². The fraction of sp³-hybridized carbons (Fsp3) is 0.875. The molecule has 1 unspecified atom stereocenters. The van der Waals surface area contributed by atoms with Crippen LogP contribution in [0.25, 0.3) is 0 Å². The lowest BCUT2D eigenvalue weighted by Crippen LogP contribution is -2.30. The lowest BCUT2D eigenvalue weighted by molar-refractivity contribution is -0.194. The largest absolute Gasteiger partial charge is 0.464 e. The Bertz CT molecular complexity index is 179. The minimum atomic E-state index is -4.42. The van der Waals surface area contributed by atoms with E-state index in [0.29, 0.717) is 0 Å². The van der Waals surface area contributed by atoms with Gasteiger partial charge in [0.2, 0.25) is 0 Å². The summed E-state index contributed by atoms with van der Waals surface area (Å²) in [6.07, 6.45) is -5.38. The van der Waals surface area contributed by atoms with Crippen molar-refractivity contribution in [3.63, 3.8) is 0 Å². The average Bonchev–Trinajstić information content (AvgIpc) is 2.03. The van der Waals surface area contributed by atoms with Gasteiger partial charge in [-0.2, -0.15) is 13.2 Å². The van der Waals surface area contributed by atoms with Crippen molar-refractivity contribution >= 4 is 5.97 Å². The van der Waals surface area contributed by atoms with E-state index in [0.717, 1.165) is 0 Å². The van der Waals surface area contributed by atoms with E-state index < -0.39 is 24.9 Å². The molecule has 6 heteroatoms. The van der Waals surface area contributed by atoms with Crippen LogP contribution >= 0.6 is 0 Å². The molecule has 0 bridgehead atoms. The number of ether oxygens (including phenoxy) is 2. The van der Waals surface area contributed by atoms with Gasteiger partial charge in [-0.05, 0) is 13.3 Å². The molecule has 0 rings (SSSR count). The van der Waals surface area contributed by atoms with Crippen molar-refractivity contribution in [3.8, 4) is 0 Å². The van der Waals surface area contributed by atoms with Crippen LogP contribution in [0.4, 0.5) is 13.2 Å².